The molecule has 13 heteroatoms. The highest BCUT2D eigenvalue weighted by Crippen LogP contribution is 2.24. The molecule has 1 aliphatic rings. The Morgan fingerprint density at radius 2 is 1.15 bits per heavy atom. The van der Waals surface area contributed by atoms with Gasteiger partial charge in [-0.25, -0.2) is 0 Å². The summed E-state index contributed by atoms with van der Waals surface area (Å²) < 4.78 is 53.9. The van der Waals surface area contributed by atoms with Crippen molar-refractivity contribution < 1.29 is 56.8 Å². The Hall–Kier alpha value is -2.39. The van der Waals surface area contributed by atoms with Crippen LogP contribution < -0.4 is 0 Å². The number of aliphatic hydroxyl groups excluding tert-OH is 3. The predicted octanol–water partition coefficient (Wildman–Crippen LogP) is 7.61. The first-order chi connectivity index (χ1) is 26.5. The minimum Gasteiger partial charge on any atom is -0.462 e. The molecule has 318 valence electrons. The molecule has 0 radical (unpaired) electrons. The van der Waals surface area contributed by atoms with Gasteiger partial charge in [0.05, 0.1) is 6.61 Å². The van der Waals surface area contributed by atoms with Crippen molar-refractivity contribution in [1.82, 2.24) is 0 Å². The fraction of sp³-hybridized carbons (Fsp3) is 0.762. The van der Waals surface area contributed by atoms with Crippen LogP contribution in [0.5, 0.6) is 0 Å². The summed E-state index contributed by atoms with van der Waals surface area (Å²) >= 11 is 0. The van der Waals surface area contributed by atoms with Crippen molar-refractivity contribution in [2.75, 3.05) is 19.0 Å². The van der Waals surface area contributed by atoms with Crippen molar-refractivity contribution in [1.29, 1.82) is 0 Å². The molecule has 1 fully saturated rings. The van der Waals surface area contributed by atoms with Gasteiger partial charge in [-0.2, -0.15) is 8.42 Å². The molecule has 1 rings (SSSR count). The molecule has 4 N–H and O–H groups in total. The first-order valence-corrected chi connectivity index (χ1v) is 22.3. The topological polar surface area (TPSA) is 186 Å². The van der Waals surface area contributed by atoms with Crippen molar-refractivity contribution in [2.45, 2.75) is 185 Å². The van der Waals surface area contributed by atoms with Gasteiger partial charge in [0.2, 0.25) is 0 Å². The number of rotatable bonds is 33. The predicted molar refractivity (Wildman–Crippen MR) is 215 cm³/mol. The highest BCUT2D eigenvalue weighted by atomic mass is 32.2. The molecule has 0 spiro atoms. The molecule has 6 unspecified atom stereocenters. The first kappa shape index (κ1) is 50.6. The fourth-order valence-electron chi connectivity index (χ4n) is 5.92. The van der Waals surface area contributed by atoms with Gasteiger partial charge in [0.25, 0.3) is 10.1 Å². The van der Waals surface area contributed by atoms with Crippen molar-refractivity contribution in [2.24, 2.45) is 0 Å². The maximum absolute atomic E-state index is 12.8. The zero-order chi connectivity index (χ0) is 40.6. The van der Waals surface area contributed by atoms with Gasteiger partial charge in [-0.05, 0) is 70.6 Å². The van der Waals surface area contributed by atoms with E-state index in [1.807, 2.05) is 0 Å². The quantitative estimate of drug-likeness (QED) is 0.0221. The van der Waals surface area contributed by atoms with Crippen LogP contribution in [0.25, 0.3) is 0 Å². The molecule has 0 aromatic rings. The molecule has 0 aliphatic carbocycles. The van der Waals surface area contributed by atoms with Crippen LogP contribution in [-0.4, -0.2) is 96.0 Å². The summed E-state index contributed by atoms with van der Waals surface area (Å²) in [6.45, 7) is 3.57. The maximum atomic E-state index is 12.8. The average Bonchev–Trinajstić information content (AvgIpc) is 3.14. The number of unbranched alkanes of at least 4 members (excludes halogenated alkanes) is 13. The number of ether oxygens (including phenoxy) is 4. The van der Waals surface area contributed by atoms with E-state index in [-0.39, 0.29) is 19.4 Å². The third kappa shape index (κ3) is 27.8. The molecular weight excluding hydrogens is 729 g/mol. The Bertz CT molecular complexity index is 1210. The Morgan fingerprint density at radius 1 is 0.636 bits per heavy atom. The smallest absolute Gasteiger partial charge is 0.306 e. The van der Waals surface area contributed by atoms with E-state index in [1.165, 1.54) is 19.3 Å². The largest absolute Gasteiger partial charge is 0.462 e. The summed E-state index contributed by atoms with van der Waals surface area (Å²) in [6.07, 6.45) is 27.3. The van der Waals surface area contributed by atoms with Crippen molar-refractivity contribution in [3.05, 3.63) is 48.6 Å². The van der Waals surface area contributed by atoms with Crippen molar-refractivity contribution in [3.8, 4) is 0 Å². The normalized spacial score (nSPS) is 21.3. The second-order valence-electron chi connectivity index (χ2n) is 14.3. The Balaban J connectivity index is 2.52. The van der Waals surface area contributed by atoms with E-state index < -0.39 is 71.2 Å². The Morgan fingerprint density at radius 3 is 1.73 bits per heavy atom. The summed E-state index contributed by atoms with van der Waals surface area (Å²) in [4.78, 5) is 25.3. The molecule has 1 saturated heterocycles. The zero-order valence-electron chi connectivity index (χ0n) is 33.5. The van der Waals surface area contributed by atoms with E-state index in [0.29, 0.717) is 12.8 Å². The maximum Gasteiger partial charge on any atom is 0.306 e. The molecule has 12 nitrogen and oxygen atoms in total. The van der Waals surface area contributed by atoms with Gasteiger partial charge in [0.1, 0.15) is 36.8 Å². The minimum atomic E-state index is -4.60. The van der Waals surface area contributed by atoms with Gasteiger partial charge in [-0.3, -0.25) is 14.1 Å². The average molecular weight is 801 g/mol. The lowest BCUT2D eigenvalue weighted by Crippen LogP contribution is -2.60. The minimum absolute atomic E-state index is 0.142. The van der Waals surface area contributed by atoms with Crippen LogP contribution in [0.3, 0.4) is 0 Å². The van der Waals surface area contributed by atoms with Crippen LogP contribution in [0.2, 0.25) is 0 Å². The van der Waals surface area contributed by atoms with Crippen molar-refractivity contribution in [3.63, 3.8) is 0 Å². The molecule has 55 heavy (non-hydrogen) atoms. The van der Waals surface area contributed by atoms with E-state index in [0.717, 1.165) is 89.9 Å². The van der Waals surface area contributed by atoms with Gasteiger partial charge in [-0.1, -0.05) is 114 Å². The standard InChI is InChI=1S/C42H72O12S/c1-3-5-7-9-11-13-15-17-18-19-21-23-25-27-29-31-38(44)53-35(33-52-42-41(47)40(46)39(45)36(54-42)34-55(48,49)50)32-51-37(43)30-28-26-24-22-20-16-14-12-10-8-6-4-2/h5,7,11-14,17-18,35-36,39-42,45-47H,3-4,6,8-10,15-16,19-34H2,1-2H3,(H,48,49,50)/b7-5-,13-11-,14-12-,18-17-. The molecular formula is C42H72O12S. The van der Waals surface area contributed by atoms with Gasteiger partial charge in [0, 0.05) is 12.8 Å². The second-order valence-corrected chi connectivity index (χ2v) is 15.8. The van der Waals surface area contributed by atoms with Crippen LogP contribution in [0.4, 0.5) is 0 Å². The molecule has 1 aliphatic heterocycles. The first-order valence-electron chi connectivity index (χ1n) is 20.7. The number of hydrogen-bond acceptors (Lipinski definition) is 11. The third-order valence-corrected chi connectivity index (χ3v) is 9.89. The lowest BCUT2D eigenvalue weighted by Gasteiger charge is -2.40. The number of carbonyl (C=O) groups is 2. The van der Waals surface area contributed by atoms with E-state index in [1.54, 1.807) is 0 Å². The van der Waals surface area contributed by atoms with E-state index in [4.69, 9.17) is 18.9 Å². The lowest BCUT2D eigenvalue weighted by atomic mass is 10.00. The molecule has 1 heterocycles. The number of esters is 2. The van der Waals surface area contributed by atoms with E-state index in [2.05, 4.69) is 62.5 Å². The van der Waals surface area contributed by atoms with Crippen molar-refractivity contribution >= 4 is 22.1 Å². The number of aliphatic hydroxyl groups is 3. The SMILES string of the molecule is CC/C=C\C/C=C\C/C=C\CCCCCCCC(=O)OC(COC(=O)CCCCCCC/C=C\CCCCC)COC1OC(CS(=O)(=O)O)C(O)C(O)C1O. The fourth-order valence-corrected chi connectivity index (χ4v) is 6.61. The summed E-state index contributed by atoms with van der Waals surface area (Å²) in [5.41, 5.74) is 0. The van der Waals surface area contributed by atoms with Crippen LogP contribution in [-0.2, 0) is 38.7 Å². The highest BCUT2D eigenvalue weighted by molar-refractivity contribution is 7.85. The van der Waals surface area contributed by atoms with E-state index >= 15 is 0 Å². The summed E-state index contributed by atoms with van der Waals surface area (Å²) in [5, 5.41) is 30.8. The molecule has 6 atom stereocenters. The molecule has 0 saturated carbocycles. The second kappa shape index (κ2) is 32.7. The molecule has 0 bridgehead atoms. The summed E-state index contributed by atoms with van der Waals surface area (Å²) in [7, 11) is -4.60. The zero-order valence-corrected chi connectivity index (χ0v) is 34.3. The third-order valence-electron chi connectivity index (χ3n) is 9.14. The van der Waals surface area contributed by atoms with Gasteiger partial charge >= 0.3 is 11.9 Å². The molecule has 0 amide bonds. The number of carbonyl (C=O) groups excluding carboxylic acids is 2. The lowest BCUT2D eigenvalue weighted by molar-refractivity contribution is -0.297. The van der Waals surface area contributed by atoms with Gasteiger partial charge in [0.15, 0.2) is 12.4 Å². The van der Waals surface area contributed by atoms with Crippen LogP contribution >= 0.6 is 0 Å². The van der Waals surface area contributed by atoms with Crippen LogP contribution in [0.15, 0.2) is 48.6 Å². The molecule has 0 aromatic carbocycles. The summed E-state index contributed by atoms with van der Waals surface area (Å²) in [5.74, 6) is -2.02. The van der Waals surface area contributed by atoms with E-state index in [9.17, 15) is 37.9 Å². The van der Waals surface area contributed by atoms with Gasteiger partial charge < -0.3 is 34.3 Å². The van der Waals surface area contributed by atoms with Crippen LogP contribution in [0.1, 0.15) is 149 Å². The highest BCUT2D eigenvalue weighted by Gasteiger charge is 2.46. The number of allylic oxidation sites excluding steroid dienone is 8. The monoisotopic (exact) mass is 800 g/mol. The molecule has 0 aromatic heterocycles. The van der Waals surface area contributed by atoms with Crippen LogP contribution in [0, 0.1) is 0 Å². The van der Waals surface area contributed by atoms with Gasteiger partial charge in [-0.15, -0.1) is 0 Å². The Labute approximate surface area is 331 Å². The number of hydrogen-bond donors (Lipinski definition) is 4. The Kier molecular flexibility index (Phi) is 30.1. The summed E-state index contributed by atoms with van der Waals surface area (Å²) in [6, 6.07) is 0.